The molecule has 0 saturated carbocycles. The van der Waals surface area contributed by atoms with Gasteiger partial charge in [-0.2, -0.15) is 0 Å². The van der Waals surface area contributed by atoms with E-state index in [4.69, 9.17) is 0 Å². The van der Waals surface area contributed by atoms with Crippen molar-refractivity contribution in [3.63, 3.8) is 0 Å². The number of aromatic nitrogens is 1. The monoisotopic (exact) mass is 166 g/mol. The van der Waals surface area contributed by atoms with Crippen molar-refractivity contribution in [2.24, 2.45) is 0 Å². The van der Waals surface area contributed by atoms with Gasteiger partial charge in [-0.05, 0) is 32.5 Å². The Morgan fingerprint density at radius 1 is 1.33 bits per heavy atom. The van der Waals surface area contributed by atoms with Gasteiger partial charge in [-0.15, -0.1) is 0 Å². The molecule has 68 valence electrons. The average Bonchev–Trinajstić information content (AvgIpc) is 2.43. The number of aryl methyl sites for hydroxylation is 1. The van der Waals surface area contributed by atoms with Crippen LogP contribution in [0.4, 0.5) is 0 Å². The second kappa shape index (κ2) is 4.31. The zero-order valence-electron chi connectivity index (χ0n) is 8.22. The van der Waals surface area contributed by atoms with Crippen LogP contribution in [0.15, 0.2) is 12.1 Å². The Hall–Kier alpha value is -0.760. The van der Waals surface area contributed by atoms with Gasteiger partial charge in [-0.1, -0.05) is 6.92 Å². The molecule has 0 atom stereocenters. The molecule has 0 fully saturated rings. The van der Waals surface area contributed by atoms with Gasteiger partial charge in [0, 0.05) is 24.5 Å². The van der Waals surface area contributed by atoms with E-state index < -0.39 is 0 Å². The highest BCUT2D eigenvalue weighted by molar-refractivity contribution is 5.14. The van der Waals surface area contributed by atoms with Crippen LogP contribution < -0.4 is 5.32 Å². The summed E-state index contributed by atoms with van der Waals surface area (Å²) in [5.74, 6) is 0. The van der Waals surface area contributed by atoms with E-state index in [-0.39, 0.29) is 0 Å². The molecule has 0 radical (unpaired) electrons. The smallest absolute Gasteiger partial charge is 0.0359 e. The third-order valence-electron chi connectivity index (χ3n) is 2.16. The second-order valence-electron chi connectivity index (χ2n) is 2.99. The summed E-state index contributed by atoms with van der Waals surface area (Å²) < 4.78 is 2.34. The molecule has 1 heterocycles. The van der Waals surface area contributed by atoms with Crippen molar-refractivity contribution < 1.29 is 0 Å². The summed E-state index contributed by atoms with van der Waals surface area (Å²) in [7, 11) is 0. The van der Waals surface area contributed by atoms with Crippen LogP contribution in [0.1, 0.15) is 25.2 Å². The van der Waals surface area contributed by atoms with Crippen LogP contribution in [0.5, 0.6) is 0 Å². The summed E-state index contributed by atoms with van der Waals surface area (Å²) in [5.41, 5.74) is 2.74. The number of hydrogen-bond acceptors (Lipinski definition) is 1. The van der Waals surface area contributed by atoms with E-state index in [9.17, 15) is 0 Å². The van der Waals surface area contributed by atoms with Gasteiger partial charge < -0.3 is 9.88 Å². The fourth-order valence-corrected chi connectivity index (χ4v) is 1.48. The summed E-state index contributed by atoms with van der Waals surface area (Å²) in [6.45, 7) is 9.55. The first-order chi connectivity index (χ1) is 5.79. The standard InChI is InChI=1S/C10H18N2/c1-4-11-8-10-7-6-9(3)12(10)5-2/h6-7,11H,4-5,8H2,1-3H3. The van der Waals surface area contributed by atoms with Gasteiger partial charge in [0.05, 0.1) is 0 Å². The number of nitrogens with zero attached hydrogens (tertiary/aromatic N) is 1. The Labute approximate surface area is 74.6 Å². The largest absolute Gasteiger partial charge is 0.348 e. The predicted octanol–water partition coefficient (Wildman–Crippen LogP) is 1.93. The first-order valence-electron chi connectivity index (χ1n) is 4.65. The van der Waals surface area contributed by atoms with E-state index in [0.717, 1.165) is 19.6 Å². The molecule has 2 heteroatoms. The zero-order valence-corrected chi connectivity index (χ0v) is 8.22. The SMILES string of the molecule is CCNCc1ccc(C)n1CC. The topological polar surface area (TPSA) is 17.0 Å². The minimum absolute atomic E-state index is 0.984. The van der Waals surface area contributed by atoms with Crippen LogP contribution in [0.25, 0.3) is 0 Å². The Morgan fingerprint density at radius 3 is 2.67 bits per heavy atom. The first-order valence-corrected chi connectivity index (χ1v) is 4.65. The maximum Gasteiger partial charge on any atom is 0.0359 e. The first kappa shape index (κ1) is 9.33. The molecule has 12 heavy (non-hydrogen) atoms. The van der Waals surface area contributed by atoms with E-state index in [1.54, 1.807) is 0 Å². The van der Waals surface area contributed by atoms with Crippen molar-refractivity contribution in [2.45, 2.75) is 33.9 Å². The summed E-state index contributed by atoms with van der Waals surface area (Å²) in [6, 6.07) is 4.37. The molecule has 0 aliphatic carbocycles. The lowest BCUT2D eigenvalue weighted by molar-refractivity contribution is 0.636. The average molecular weight is 166 g/mol. The highest BCUT2D eigenvalue weighted by atomic mass is 15.0. The van der Waals surface area contributed by atoms with Crippen molar-refractivity contribution in [2.75, 3.05) is 6.54 Å². The molecule has 0 saturated heterocycles. The van der Waals surface area contributed by atoms with Gasteiger partial charge >= 0.3 is 0 Å². The van der Waals surface area contributed by atoms with E-state index in [2.05, 4.69) is 42.8 Å². The maximum absolute atomic E-state index is 3.33. The van der Waals surface area contributed by atoms with Crippen LogP contribution in [0.3, 0.4) is 0 Å². The molecule has 1 aromatic rings. The number of hydrogen-bond donors (Lipinski definition) is 1. The lowest BCUT2D eigenvalue weighted by Crippen LogP contribution is -2.15. The predicted molar refractivity (Wildman–Crippen MR) is 52.2 cm³/mol. The van der Waals surface area contributed by atoms with E-state index in [1.165, 1.54) is 11.4 Å². The highest BCUT2D eigenvalue weighted by Crippen LogP contribution is 2.07. The summed E-state index contributed by atoms with van der Waals surface area (Å²) in [4.78, 5) is 0. The molecule has 2 nitrogen and oxygen atoms in total. The highest BCUT2D eigenvalue weighted by Gasteiger charge is 2.00. The fourth-order valence-electron chi connectivity index (χ4n) is 1.48. The molecule has 0 aromatic carbocycles. The van der Waals surface area contributed by atoms with E-state index in [1.807, 2.05) is 0 Å². The van der Waals surface area contributed by atoms with Crippen LogP contribution >= 0.6 is 0 Å². The Morgan fingerprint density at radius 2 is 2.08 bits per heavy atom. The third kappa shape index (κ3) is 1.89. The van der Waals surface area contributed by atoms with Crippen LogP contribution in [-0.2, 0) is 13.1 Å². The lowest BCUT2D eigenvalue weighted by Gasteiger charge is -2.08. The molecular weight excluding hydrogens is 148 g/mol. The quantitative estimate of drug-likeness (QED) is 0.723. The normalized spacial score (nSPS) is 10.6. The third-order valence-corrected chi connectivity index (χ3v) is 2.16. The molecule has 1 N–H and O–H groups in total. The van der Waals surface area contributed by atoms with Crippen LogP contribution in [-0.4, -0.2) is 11.1 Å². The maximum atomic E-state index is 3.33. The Bertz CT molecular complexity index is 238. The molecule has 0 aliphatic heterocycles. The van der Waals surface area contributed by atoms with Crippen molar-refractivity contribution in [1.29, 1.82) is 0 Å². The van der Waals surface area contributed by atoms with Gasteiger partial charge in [0.15, 0.2) is 0 Å². The fraction of sp³-hybridized carbons (Fsp3) is 0.600. The molecule has 1 rings (SSSR count). The summed E-state index contributed by atoms with van der Waals surface area (Å²) in [6.07, 6.45) is 0. The molecular formula is C10H18N2. The minimum Gasteiger partial charge on any atom is -0.348 e. The van der Waals surface area contributed by atoms with Gasteiger partial charge in [0.1, 0.15) is 0 Å². The molecule has 0 amide bonds. The molecule has 0 bridgehead atoms. The number of nitrogens with one attached hydrogen (secondary N) is 1. The second-order valence-corrected chi connectivity index (χ2v) is 2.99. The van der Waals surface area contributed by atoms with Crippen molar-refractivity contribution in [3.8, 4) is 0 Å². The minimum atomic E-state index is 0.984. The Kier molecular flexibility index (Phi) is 3.35. The number of rotatable bonds is 4. The molecule has 0 spiro atoms. The van der Waals surface area contributed by atoms with Gasteiger partial charge in [-0.25, -0.2) is 0 Å². The molecule has 0 aliphatic rings. The molecule has 1 aromatic heterocycles. The van der Waals surface area contributed by atoms with Crippen molar-refractivity contribution in [3.05, 3.63) is 23.5 Å². The van der Waals surface area contributed by atoms with Gasteiger partial charge in [0.2, 0.25) is 0 Å². The van der Waals surface area contributed by atoms with E-state index in [0.29, 0.717) is 0 Å². The summed E-state index contributed by atoms with van der Waals surface area (Å²) in [5, 5.41) is 3.33. The lowest BCUT2D eigenvalue weighted by atomic mass is 10.4. The van der Waals surface area contributed by atoms with Crippen LogP contribution in [0.2, 0.25) is 0 Å². The van der Waals surface area contributed by atoms with E-state index >= 15 is 0 Å². The zero-order chi connectivity index (χ0) is 8.97. The Balaban J connectivity index is 2.70. The van der Waals surface area contributed by atoms with Crippen LogP contribution in [0, 0.1) is 6.92 Å². The summed E-state index contributed by atoms with van der Waals surface area (Å²) >= 11 is 0. The van der Waals surface area contributed by atoms with Crippen molar-refractivity contribution in [1.82, 2.24) is 9.88 Å². The molecule has 0 unspecified atom stereocenters. The van der Waals surface area contributed by atoms with Gasteiger partial charge in [0.25, 0.3) is 0 Å². The van der Waals surface area contributed by atoms with Crippen molar-refractivity contribution >= 4 is 0 Å². The van der Waals surface area contributed by atoms with Gasteiger partial charge in [-0.3, -0.25) is 0 Å².